The number of nitro groups is 1. The molecule has 1 aromatic rings. The Morgan fingerprint density at radius 1 is 1.50 bits per heavy atom. The third kappa shape index (κ3) is 4.97. The monoisotopic (exact) mass is 295 g/mol. The maximum Gasteiger partial charge on any atom is 0.401 e. The van der Waals surface area contributed by atoms with Crippen LogP contribution in [-0.2, 0) is 0 Å². The summed E-state index contributed by atoms with van der Waals surface area (Å²) in [6.07, 6.45) is -3.52. The minimum atomic E-state index is -4.50. The fraction of sp³-hybridized carbons (Fsp3) is 0.500. The van der Waals surface area contributed by atoms with Crippen molar-refractivity contribution in [1.29, 1.82) is 0 Å². The molecule has 10 heteroatoms. The van der Waals surface area contributed by atoms with Crippen molar-refractivity contribution in [2.45, 2.75) is 6.18 Å². The van der Waals surface area contributed by atoms with Crippen molar-refractivity contribution in [3.05, 3.63) is 28.1 Å². The van der Waals surface area contributed by atoms with E-state index in [0.717, 1.165) is 17.2 Å². The third-order valence-electron chi connectivity index (χ3n) is 2.37. The van der Waals surface area contributed by atoms with Crippen LogP contribution in [-0.4, -0.2) is 58.1 Å². The second-order valence-corrected chi connectivity index (χ2v) is 4.00. The Bertz CT molecular complexity index is 486. The topological polar surface area (TPSA) is 99.5 Å². The summed E-state index contributed by atoms with van der Waals surface area (Å²) >= 11 is 0. The molecule has 0 amide bonds. The Kier molecular flexibility index (Phi) is 5.22. The molecule has 0 aliphatic carbocycles. The number of nitrogens with one attached hydrogen (secondary N) is 1. The van der Waals surface area contributed by atoms with Crippen molar-refractivity contribution in [2.24, 2.45) is 0 Å². The Labute approximate surface area is 111 Å². The molecule has 0 aliphatic rings. The first-order chi connectivity index (χ1) is 9.23. The lowest BCUT2D eigenvalue weighted by Crippen LogP contribution is -2.39. The molecular weight excluding hydrogens is 283 g/mol. The molecule has 7 nitrogen and oxygen atoms in total. The summed E-state index contributed by atoms with van der Waals surface area (Å²) in [4.78, 5) is 24.5. The van der Waals surface area contributed by atoms with Crippen LogP contribution in [0.4, 0.5) is 18.9 Å². The van der Waals surface area contributed by atoms with Gasteiger partial charge in [0.1, 0.15) is 0 Å². The number of aliphatic hydroxyl groups is 1. The minimum Gasteiger partial charge on any atom is -0.395 e. The lowest BCUT2D eigenvalue weighted by atomic mass is 10.2. The first-order valence-electron chi connectivity index (χ1n) is 5.49. The van der Waals surface area contributed by atoms with E-state index in [2.05, 4.69) is 4.98 Å². The van der Waals surface area contributed by atoms with Crippen molar-refractivity contribution < 1.29 is 28.0 Å². The Hall–Kier alpha value is -1.94. The van der Waals surface area contributed by atoms with E-state index >= 15 is 0 Å². The second-order valence-electron chi connectivity index (χ2n) is 4.00. The van der Waals surface area contributed by atoms with Gasteiger partial charge < -0.3 is 10.1 Å². The van der Waals surface area contributed by atoms with Gasteiger partial charge >= 0.3 is 6.18 Å². The first kappa shape index (κ1) is 16.1. The van der Waals surface area contributed by atoms with Crippen LogP contribution in [0, 0.1) is 10.1 Å². The number of carbonyl (C=O) groups is 1. The molecule has 2 N–H and O–H groups in total. The Morgan fingerprint density at radius 2 is 2.15 bits per heavy atom. The predicted molar refractivity (Wildman–Crippen MR) is 61.4 cm³/mol. The van der Waals surface area contributed by atoms with Crippen molar-refractivity contribution in [3.63, 3.8) is 0 Å². The summed E-state index contributed by atoms with van der Waals surface area (Å²) < 4.78 is 36.8. The molecule has 0 fully saturated rings. The minimum absolute atomic E-state index is 0.151. The molecule has 0 atom stereocenters. The average molecular weight is 295 g/mol. The number of hydrogen-bond donors (Lipinski definition) is 2. The van der Waals surface area contributed by atoms with E-state index in [9.17, 15) is 28.1 Å². The summed E-state index contributed by atoms with van der Waals surface area (Å²) in [5, 5.41) is 19.1. The number of ketones is 1. The highest BCUT2D eigenvalue weighted by atomic mass is 19.4. The smallest absolute Gasteiger partial charge is 0.395 e. The van der Waals surface area contributed by atoms with Crippen LogP contribution in [0.3, 0.4) is 0 Å². The summed E-state index contributed by atoms with van der Waals surface area (Å²) in [6, 6.07) is 0.951. The highest BCUT2D eigenvalue weighted by molar-refractivity contribution is 5.96. The lowest BCUT2D eigenvalue weighted by molar-refractivity contribution is -0.384. The first-order valence-corrected chi connectivity index (χ1v) is 5.49. The Morgan fingerprint density at radius 3 is 2.60 bits per heavy atom. The highest BCUT2D eigenvalue weighted by Gasteiger charge is 2.31. The molecule has 20 heavy (non-hydrogen) atoms. The van der Waals surface area contributed by atoms with Gasteiger partial charge in [-0.25, -0.2) is 0 Å². The number of alkyl halides is 3. The van der Waals surface area contributed by atoms with Crippen LogP contribution < -0.4 is 0 Å². The quantitative estimate of drug-likeness (QED) is 0.443. The summed E-state index contributed by atoms with van der Waals surface area (Å²) in [6.45, 7) is -2.80. The number of aromatic amines is 1. The van der Waals surface area contributed by atoms with Gasteiger partial charge in [-0.2, -0.15) is 13.2 Å². The van der Waals surface area contributed by atoms with E-state index in [1.165, 1.54) is 0 Å². The van der Waals surface area contributed by atoms with E-state index in [1.54, 1.807) is 0 Å². The number of halogens is 3. The number of aliphatic hydroxyl groups excluding tert-OH is 1. The number of carbonyl (C=O) groups excluding carboxylic acids is 1. The molecule has 0 aliphatic heterocycles. The maximum absolute atomic E-state index is 12.3. The summed E-state index contributed by atoms with van der Waals surface area (Å²) in [7, 11) is 0. The highest BCUT2D eigenvalue weighted by Crippen LogP contribution is 2.17. The van der Waals surface area contributed by atoms with E-state index in [4.69, 9.17) is 5.11 Å². The van der Waals surface area contributed by atoms with Crippen molar-refractivity contribution in [1.82, 2.24) is 9.88 Å². The molecule has 0 saturated heterocycles. The van der Waals surface area contributed by atoms with Gasteiger partial charge in [0.2, 0.25) is 0 Å². The summed E-state index contributed by atoms with van der Waals surface area (Å²) in [5.74, 6) is -0.726. The normalized spacial score (nSPS) is 11.8. The largest absolute Gasteiger partial charge is 0.401 e. The molecule has 0 saturated carbocycles. The number of nitrogens with zero attached hydrogens (tertiary/aromatic N) is 2. The maximum atomic E-state index is 12.3. The van der Waals surface area contributed by atoms with Gasteiger partial charge in [-0.3, -0.25) is 19.8 Å². The number of H-pyrrole nitrogens is 1. The number of hydrogen-bond acceptors (Lipinski definition) is 5. The molecule has 1 heterocycles. The number of rotatable bonds is 7. The fourth-order valence-corrected chi connectivity index (χ4v) is 1.55. The van der Waals surface area contributed by atoms with Gasteiger partial charge in [0, 0.05) is 12.6 Å². The van der Waals surface area contributed by atoms with E-state index in [0.29, 0.717) is 0 Å². The van der Waals surface area contributed by atoms with Gasteiger partial charge in [0.15, 0.2) is 5.78 Å². The fourth-order valence-electron chi connectivity index (χ4n) is 1.55. The number of Topliss-reactive ketones (excluding diaryl/α,β-unsaturated/α-hetero) is 1. The van der Waals surface area contributed by atoms with Crippen LogP contribution in [0.25, 0.3) is 0 Å². The van der Waals surface area contributed by atoms with E-state index in [1.807, 2.05) is 0 Å². The van der Waals surface area contributed by atoms with Gasteiger partial charge in [-0.1, -0.05) is 0 Å². The van der Waals surface area contributed by atoms with Crippen molar-refractivity contribution >= 4 is 11.5 Å². The summed E-state index contributed by atoms with van der Waals surface area (Å²) in [5.41, 5.74) is -0.500. The molecule has 1 rings (SSSR count). The molecule has 0 spiro atoms. The third-order valence-corrected chi connectivity index (χ3v) is 2.37. The van der Waals surface area contributed by atoms with Gasteiger partial charge in [0.25, 0.3) is 5.69 Å². The van der Waals surface area contributed by atoms with Crippen LogP contribution in [0.1, 0.15) is 10.5 Å². The second kappa shape index (κ2) is 6.48. The van der Waals surface area contributed by atoms with E-state index in [-0.39, 0.29) is 17.9 Å². The van der Waals surface area contributed by atoms with Crippen LogP contribution in [0.2, 0.25) is 0 Å². The standard InChI is InChI=1S/C10H12F3N3O4/c11-10(12,13)6-15(1-2-17)5-9(18)8-3-7(4-14-8)16(19)20/h3-4,14,17H,1-2,5-6H2. The van der Waals surface area contributed by atoms with Crippen molar-refractivity contribution in [3.8, 4) is 0 Å². The zero-order valence-electron chi connectivity index (χ0n) is 10.2. The zero-order chi connectivity index (χ0) is 15.3. The van der Waals surface area contributed by atoms with E-state index < -0.39 is 36.6 Å². The predicted octanol–water partition coefficient (Wildman–Crippen LogP) is 0.962. The Balaban J connectivity index is 2.71. The molecule has 0 unspecified atom stereocenters. The average Bonchev–Trinajstić information content (AvgIpc) is 2.76. The zero-order valence-corrected chi connectivity index (χ0v) is 10.2. The van der Waals surface area contributed by atoms with Crippen LogP contribution >= 0.6 is 0 Å². The van der Waals surface area contributed by atoms with Crippen LogP contribution in [0.15, 0.2) is 12.3 Å². The van der Waals surface area contributed by atoms with Gasteiger partial charge in [-0.15, -0.1) is 0 Å². The SMILES string of the molecule is O=C(CN(CCO)CC(F)(F)F)c1cc([N+](=O)[O-])c[nH]1. The van der Waals surface area contributed by atoms with Crippen LogP contribution in [0.5, 0.6) is 0 Å². The molecule has 112 valence electrons. The van der Waals surface area contributed by atoms with Gasteiger partial charge in [0.05, 0.1) is 36.5 Å². The molecule has 0 aromatic carbocycles. The lowest BCUT2D eigenvalue weighted by Gasteiger charge is -2.21. The number of aromatic nitrogens is 1. The molecular formula is C10H12F3N3O4. The molecule has 1 aromatic heterocycles. The van der Waals surface area contributed by atoms with Crippen molar-refractivity contribution in [2.75, 3.05) is 26.2 Å². The molecule has 0 radical (unpaired) electrons. The van der Waals surface area contributed by atoms with Gasteiger partial charge in [-0.05, 0) is 0 Å². The molecule has 0 bridgehead atoms.